The Balaban J connectivity index is 0.000000335. The van der Waals surface area contributed by atoms with Crippen molar-refractivity contribution in [2.45, 2.75) is 71.0 Å². The summed E-state index contributed by atoms with van der Waals surface area (Å²) < 4.78 is 10.5. The molecule has 1 aliphatic heterocycles. The maximum atomic E-state index is 11.3. The first-order chi connectivity index (χ1) is 10.4. The Morgan fingerprint density at radius 1 is 1.14 bits per heavy atom. The van der Waals surface area contributed by atoms with Crippen LogP contribution < -0.4 is 5.32 Å². The first-order valence-corrected chi connectivity index (χ1v) is 8.55. The van der Waals surface area contributed by atoms with Crippen LogP contribution in [-0.2, 0) is 14.3 Å². The standard InChI is InChI=1S/C12H23NO3.C5H10O/c1-12(2,3)16-11(14)9-15-8-10-4-6-13-7-5-10;6-5-3-1-2-4-5/h10,13H,4-9H2,1-3H3;5-6H,1-4H2. The topological polar surface area (TPSA) is 67.8 Å². The SMILES string of the molecule is CC(C)(C)OC(=O)COCC1CCNCC1.OC1CCCC1. The van der Waals surface area contributed by atoms with Gasteiger partial charge in [-0.3, -0.25) is 0 Å². The number of nitrogens with one attached hydrogen (secondary N) is 1. The fraction of sp³-hybridized carbons (Fsp3) is 0.941. The summed E-state index contributed by atoms with van der Waals surface area (Å²) in [6.07, 6.45) is 6.87. The molecular weight excluding hydrogens is 282 g/mol. The van der Waals surface area contributed by atoms with E-state index in [0.29, 0.717) is 12.5 Å². The molecule has 22 heavy (non-hydrogen) atoms. The maximum absolute atomic E-state index is 11.3. The number of hydrogen-bond donors (Lipinski definition) is 2. The molecule has 0 spiro atoms. The van der Waals surface area contributed by atoms with Crippen LogP contribution in [0.25, 0.3) is 0 Å². The number of hydrogen-bond acceptors (Lipinski definition) is 5. The number of aliphatic hydroxyl groups excluding tert-OH is 1. The van der Waals surface area contributed by atoms with E-state index in [1.807, 2.05) is 20.8 Å². The number of aliphatic hydroxyl groups is 1. The van der Waals surface area contributed by atoms with E-state index < -0.39 is 5.60 Å². The molecule has 1 saturated carbocycles. The van der Waals surface area contributed by atoms with E-state index in [2.05, 4.69) is 5.32 Å². The van der Waals surface area contributed by atoms with Crippen LogP contribution in [0, 0.1) is 5.92 Å². The molecule has 2 rings (SSSR count). The van der Waals surface area contributed by atoms with E-state index in [1.54, 1.807) is 0 Å². The molecule has 0 aromatic carbocycles. The van der Waals surface area contributed by atoms with Crippen molar-refractivity contribution in [1.29, 1.82) is 0 Å². The highest BCUT2D eigenvalue weighted by Gasteiger charge is 2.17. The number of esters is 1. The van der Waals surface area contributed by atoms with E-state index in [1.165, 1.54) is 12.8 Å². The third-order valence-corrected chi connectivity index (χ3v) is 3.78. The van der Waals surface area contributed by atoms with Crippen LogP contribution in [0.2, 0.25) is 0 Å². The Labute approximate surface area is 134 Å². The average Bonchev–Trinajstić information content (AvgIpc) is 2.90. The van der Waals surface area contributed by atoms with Gasteiger partial charge in [0.15, 0.2) is 0 Å². The number of piperidine rings is 1. The number of carbonyl (C=O) groups excluding carboxylic acids is 1. The van der Waals surface area contributed by atoms with Crippen LogP contribution in [0.5, 0.6) is 0 Å². The van der Waals surface area contributed by atoms with Gasteiger partial charge in [0.2, 0.25) is 0 Å². The van der Waals surface area contributed by atoms with Gasteiger partial charge in [0.05, 0.1) is 12.7 Å². The summed E-state index contributed by atoms with van der Waals surface area (Å²) in [5.41, 5.74) is -0.421. The lowest BCUT2D eigenvalue weighted by molar-refractivity contribution is -0.160. The van der Waals surface area contributed by atoms with Gasteiger partial charge in [-0.15, -0.1) is 0 Å². The van der Waals surface area contributed by atoms with Crippen molar-refractivity contribution in [3.8, 4) is 0 Å². The van der Waals surface area contributed by atoms with Crippen molar-refractivity contribution in [2.75, 3.05) is 26.3 Å². The van der Waals surface area contributed by atoms with Crippen molar-refractivity contribution in [3.05, 3.63) is 0 Å². The summed E-state index contributed by atoms with van der Waals surface area (Å²) in [4.78, 5) is 11.3. The summed E-state index contributed by atoms with van der Waals surface area (Å²) in [6, 6.07) is 0. The second-order valence-corrected chi connectivity index (χ2v) is 7.23. The highest BCUT2D eigenvalue weighted by molar-refractivity contribution is 5.71. The summed E-state index contributed by atoms with van der Waals surface area (Å²) in [5.74, 6) is 0.310. The number of carbonyl (C=O) groups is 1. The zero-order valence-corrected chi connectivity index (χ0v) is 14.4. The monoisotopic (exact) mass is 315 g/mol. The highest BCUT2D eigenvalue weighted by Crippen LogP contribution is 2.16. The molecule has 0 aromatic rings. The second kappa shape index (κ2) is 10.2. The quantitative estimate of drug-likeness (QED) is 0.779. The molecule has 5 heteroatoms. The molecule has 5 nitrogen and oxygen atoms in total. The zero-order chi connectivity index (χ0) is 16.4. The molecule has 0 amide bonds. The molecule has 0 atom stereocenters. The van der Waals surface area contributed by atoms with Gasteiger partial charge in [0.25, 0.3) is 0 Å². The van der Waals surface area contributed by atoms with Gasteiger partial charge < -0.3 is 19.9 Å². The van der Waals surface area contributed by atoms with E-state index in [0.717, 1.165) is 38.8 Å². The first kappa shape index (κ1) is 19.4. The minimum atomic E-state index is -0.421. The molecule has 130 valence electrons. The summed E-state index contributed by atoms with van der Waals surface area (Å²) in [7, 11) is 0. The summed E-state index contributed by atoms with van der Waals surface area (Å²) in [6.45, 7) is 8.43. The van der Waals surface area contributed by atoms with Crippen molar-refractivity contribution >= 4 is 5.97 Å². The Kier molecular flexibility index (Phi) is 8.98. The lowest BCUT2D eigenvalue weighted by Crippen LogP contribution is -2.31. The van der Waals surface area contributed by atoms with Crippen LogP contribution in [0.15, 0.2) is 0 Å². The van der Waals surface area contributed by atoms with Crippen molar-refractivity contribution in [1.82, 2.24) is 5.32 Å². The predicted octanol–water partition coefficient (Wildman–Crippen LogP) is 2.27. The van der Waals surface area contributed by atoms with Crippen molar-refractivity contribution in [2.24, 2.45) is 5.92 Å². The fourth-order valence-electron chi connectivity index (χ4n) is 2.63. The fourth-order valence-corrected chi connectivity index (χ4v) is 2.63. The van der Waals surface area contributed by atoms with Gasteiger partial charge in [-0.1, -0.05) is 12.8 Å². The average molecular weight is 315 g/mol. The van der Waals surface area contributed by atoms with Crippen molar-refractivity contribution < 1.29 is 19.4 Å². The second-order valence-electron chi connectivity index (χ2n) is 7.23. The van der Waals surface area contributed by atoms with Gasteiger partial charge in [-0.25, -0.2) is 4.79 Å². The van der Waals surface area contributed by atoms with E-state index >= 15 is 0 Å². The number of ether oxygens (including phenoxy) is 2. The molecule has 1 heterocycles. The Bertz CT molecular complexity index is 302. The Morgan fingerprint density at radius 3 is 2.18 bits per heavy atom. The van der Waals surface area contributed by atoms with Gasteiger partial charge in [0, 0.05) is 0 Å². The minimum absolute atomic E-state index is 0.0463. The van der Waals surface area contributed by atoms with Crippen LogP contribution in [0.4, 0.5) is 0 Å². The maximum Gasteiger partial charge on any atom is 0.332 e. The summed E-state index contributed by atoms with van der Waals surface area (Å²) in [5, 5.41) is 12.0. The molecular formula is C17H33NO4. The van der Waals surface area contributed by atoms with Crippen LogP contribution in [0.1, 0.15) is 59.3 Å². The van der Waals surface area contributed by atoms with Crippen LogP contribution >= 0.6 is 0 Å². The molecule has 2 aliphatic rings. The Hall–Kier alpha value is -0.650. The van der Waals surface area contributed by atoms with Gasteiger partial charge >= 0.3 is 5.97 Å². The summed E-state index contributed by atoms with van der Waals surface area (Å²) >= 11 is 0. The number of rotatable bonds is 4. The normalized spacial score (nSPS) is 20.4. The van der Waals surface area contributed by atoms with E-state index in [-0.39, 0.29) is 18.7 Å². The Morgan fingerprint density at radius 2 is 1.73 bits per heavy atom. The molecule has 0 radical (unpaired) electrons. The zero-order valence-electron chi connectivity index (χ0n) is 14.4. The third kappa shape index (κ3) is 10.1. The molecule has 1 saturated heterocycles. The van der Waals surface area contributed by atoms with E-state index in [9.17, 15) is 4.79 Å². The van der Waals surface area contributed by atoms with Gasteiger partial charge in [-0.2, -0.15) is 0 Å². The molecule has 0 bridgehead atoms. The van der Waals surface area contributed by atoms with Crippen molar-refractivity contribution in [3.63, 3.8) is 0 Å². The molecule has 0 aromatic heterocycles. The lowest BCUT2D eigenvalue weighted by Gasteiger charge is -2.23. The predicted molar refractivity (Wildman–Crippen MR) is 86.7 cm³/mol. The molecule has 1 aliphatic carbocycles. The molecule has 2 N–H and O–H groups in total. The molecule has 2 fully saturated rings. The largest absolute Gasteiger partial charge is 0.458 e. The molecule has 0 unspecified atom stereocenters. The van der Waals surface area contributed by atoms with Crippen LogP contribution in [0.3, 0.4) is 0 Å². The van der Waals surface area contributed by atoms with E-state index in [4.69, 9.17) is 14.6 Å². The first-order valence-electron chi connectivity index (χ1n) is 8.55. The van der Waals surface area contributed by atoms with Gasteiger partial charge in [-0.05, 0) is 65.5 Å². The third-order valence-electron chi connectivity index (χ3n) is 3.78. The minimum Gasteiger partial charge on any atom is -0.458 e. The smallest absolute Gasteiger partial charge is 0.332 e. The van der Waals surface area contributed by atoms with Crippen LogP contribution in [-0.4, -0.2) is 49.1 Å². The highest BCUT2D eigenvalue weighted by atomic mass is 16.6. The van der Waals surface area contributed by atoms with Gasteiger partial charge in [0.1, 0.15) is 12.2 Å². The lowest BCUT2D eigenvalue weighted by atomic mass is 9.99.